The first-order valence-corrected chi connectivity index (χ1v) is 6.83. The van der Waals surface area contributed by atoms with Gasteiger partial charge in [0.2, 0.25) is 0 Å². The molecule has 1 rings (SSSR count). The van der Waals surface area contributed by atoms with Gasteiger partial charge in [0.25, 0.3) is 5.91 Å². The lowest BCUT2D eigenvalue weighted by atomic mass is 10.2. The van der Waals surface area contributed by atoms with Gasteiger partial charge in [0, 0.05) is 31.6 Å². The van der Waals surface area contributed by atoms with Crippen LogP contribution in [0.15, 0.2) is 24.3 Å². The SMILES string of the molecule is CCOc1ccc(C(=O)N(CCCl)CCOC)cc1. The molecular formula is C14H20ClNO3. The Hall–Kier alpha value is -1.26. The first kappa shape index (κ1) is 15.8. The van der Waals surface area contributed by atoms with E-state index in [9.17, 15) is 4.79 Å². The van der Waals surface area contributed by atoms with E-state index in [-0.39, 0.29) is 5.91 Å². The van der Waals surface area contributed by atoms with E-state index >= 15 is 0 Å². The standard InChI is InChI=1S/C14H20ClNO3/c1-3-19-13-6-4-12(5-7-13)14(17)16(9-8-15)10-11-18-2/h4-7H,3,8-11H2,1-2H3. The van der Waals surface area contributed by atoms with E-state index in [4.69, 9.17) is 21.1 Å². The number of halogens is 1. The zero-order valence-corrected chi connectivity index (χ0v) is 12.2. The van der Waals surface area contributed by atoms with Crippen LogP contribution >= 0.6 is 11.6 Å². The van der Waals surface area contributed by atoms with Crippen molar-refractivity contribution in [2.24, 2.45) is 0 Å². The Morgan fingerprint density at radius 2 is 1.95 bits per heavy atom. The number of ether oxygens (including phenoxy) is 2. The van der Waals surface area contributed by atoms with Gasteiger partial charge in [-0.2, -0.15) is 0 Å². The van der Waals surface area contributed by atoms with Crippen molar-refractivity contribution in [2.75, 3.05) is 39.3 Å². The third-order valence-corrected chi connectivity index (χ3v) is 2.79. The molecule has 1 amide bonds. The van der Waals surface area contributed by atoms with Crippen LogP contribution < -0.4 is 4.74 Å². The molecule has 0 aromatic heterocycles. The Balaban J connectivity index is 2.71. The Labute approximate surface area is 119 Å². The van der Waals surface area contributed by atoms with Crippen LogP contribution in [-0.4, -0.2) is 50.1 Å². The van der Waals surface area contributed by atoms with Gasteiger partial charge in [-0.3, -0.25) is 4.79 Å². The van der Waals surface area contributed by atoms with Crippen LogP contribution in [-0.2, 0) is 4.74 Å². The number of hydrogen-bond acceptors (Lipinski definition) is 3. The molecule has 1 aromatic carbocycles. The second-order valence-electron chi connectivity index (χ2n) is 3.93. The predicted molar refractivity (Wildman–Crippen MR) is 76.1 cm³/mol. The minimum atomic E-state index is -0.0410. The molecule has 106 valence electrons. The zero-order valence-electron chi connectivity index (χ0n) is 11.4. The van der Waals surface area contributed by atoms with E-state index in [0.717, 1.165) is 5.75 Å². The fourth-order valence-corrected chi connectivity index (χ4v) is 1.87. The average molecular weight is 286 g/mol. The zero-order chi connectivity index (χ0) is 14.1. The van der Waals surface area contributed by atoms with Crippen molar-refractivity contribution in [3.05, 3.63) is 29.8 Å². The van der Waals surface area contributed by atoms with Gasteiger partial charge in [-0.1, -0.05) is 0 Å². The van der Waals surface area contributed by atoms with E-state index in [1.54, 1.807) is 36.3 Å². The molecule has 5 heteroatoms. The minimum absolute atomic E-state index is 0.0410. The van der Waals surface area contributed by atoms with Gasteiger partial charge in [0.1, 0.15) is 5.75 Å². The summed E-state index contributed by atoms with van der Waals surface area (Å²) in [4.78, 5) is 14.0. The lowest BCUT2D eigenvalue weighted by molar-refractivity contribution is 0.0708. The van der Waals surface area contributed by atoms with Crippen LogP contribution in [0.3, 0.4) is 0 Å². The first-order chi connectivity index (χ1) is 9.22. The lowest BCUT2D eigenvalue weighted by Crippen LogP contribution is -2.35. The Bertz CT molecular complexity index is 381. The molecule has 0 aliphatic heterocycles. The van der Waals surface area contributed by atoms with Gasteiger partial charge < -0.3 is 14.4 Å². The van der Waals surface area contributed by atoms with Gasteiger partial charge in [0.05, 0.1) is 13.2 Å². The second-order valence-corrected chi connectivity index (χ2v) is 4.31. The third kappa shape index (κ3) is 5.09. The predicted octanol–water partition coefficient (Wildman–Crippen LogP) is 2.41. The topological polar surface area (TPSA) is 38.8 Å². The van der Waals surface area contributed by atoms with Crippen LogP contribution in [0.1, 0.15) is 17.3 Å². The molecule has 0 fully saturated rings. The highest BCUT2D eigenvalue weighted by Crippen LogP contribution is 2.13. The van der Waals surface area contributed by atoms with Crippen LogP contribution in [0.4, 0.5) is 0 Å². The maximum absolute atomic E-state index is 12.3. The molecule has 0 unspecified atom stereocenters. The Kier molecular flexibility index (Phi) is 7.30. The smallest absolute Gasteiger partial charge is 0.253 e. The monoisotopic (exact) mass is 285 g/mol. The summed E-state index contributed by atoms with van der Waals surface area (Å²) in [5.74, 6) is 1.13. The van der Waals surface area contributed by atoms with Crippen LogP contribution in [0.25, 0.3) is 0 Å². The maximum Gasteiger partial charge on any atom is 0.253 e. The molecule has 0 heterocycles. The van der Waals surface area contributed by atoms with Crippen molar-refractivity contribution < 1.29 is 14.3 Å². The molecule has 0 N–H and O–H groups in total. The summed E-state index contributed by atoms with van der Waals surface area (Å²) in [5.41, 5.74) is 0.629. The molecule has 0 atom stereocenters. The summed E-state index contributed by atoms with van der Waals surface area (Å²) in [6.07, 6.45) is 0. The van der Waals surface area contributed by atoms with Gasteiger partial charge >= 0.3 is 0 Å². The number of rotatable bonds is 8. The first-order valence-electron chi connectivity index (χ1n) is 6.30. The van der Waals surface area contributed by atoms with Crippen LogP contribution in [0, 0.1) is 0 Å². The van der Waals surface area contributed by atoms with E-state index in [2.05, 4.69) is 0 Å². The van der Waals surface area contributed by atoms with Gasteiger partial charge in [-0.25, -0.2) is 0 Å². The van der Waals surface area contributed by atoms with Gasteiger partial charge in [-0.05, 0) is 31.2 Å². The molecular weight excluding hydrogens is 266 g/mol. The maximum atomic E-state index is 12.3. The third-order valence-electron chi connectivity index (χ3n) is 2.62. The number of hydrogen-bond donors (Lipinski definition) is 0. The molecule has 0 aliphatic carbocycles. The van der Waals surface area contributed by atoms with E-state index < -0.39 is 0 Å². The fraction of sp³-hybridized carbons (Fsp3) is 0.500. The molecule has 0 aliphatic rings. The lowest BCUT2D eigenvalue weighted by Gasteiger charge is -2.21. The summed E-state index contributed by atoms with van der Waals surface area (Å²) >= 11 is 5.72. The highest BCUT2D eigenvalue weighted by molar-refractivity contribution is 6.18. The summed E-state index contributed by atoms with van der Waals surface area (Å²) in [6.45, 7) is 4.08. The second kappa shape index (κ2) is 8.77. The molecule has 0 spiro atoms. The quantitative estimate of drug-likeness (QED) is 0.689. The number of amides is 1. The Morgan fingerprint density at radius 1 is 1.26 bits per heavy atom. The largest absolute Gasteiger partial charge is 0.494 e. The molecule has 19 heavy (non-hydrogen) atoms. The number of nitrogens with zero attached hydrogens (tertiary/aromatic N) is 1. The highest BCUT2D eigenvalue weighted by atomic mass is 35.5. The van der Waals surface area contributed by atoms with Crippen molar-refractivity contribution in [1.82, 2.24) is 4.90 Å². The number of alkyl halides is 1. The van der Waals surface area contributed by atoms with Gasteiger partial charge in [0.15, 0.2) is 0 Å². The summed E-state index contributed by atoms with van der Waals surface area (Å²) in [6, 6.07) is 7.13. The molecule has 0 radical (unpaired) electrons. The summed E-state index contributed by atoms with van der Waals surface area (Å²) < 4.78 is 10.3. The normalized spacial score (nSPS) is 10.3. The number of carbonyl (C=O) groups is 1. The van der Waals surface area contributed by atoms with Gasteiger partial charge in [-0.15, -0.1) is 11.6 Å². The van der Waals surface area contributed by atoms with E-state index in [0.29, 0.717) is 37.7 Å². The molecule has 1 aromatic rings. The summed E-state index contributed by atoms with van der Waals surface area (Å²) in [5, 5.41) is 0. The van der Waals surface area contributed by atoms with Crippen LogP contribution in [0.5, 0.6) is 5.75 Å². The molecule has 0 bridgehead atoms. The van der Waals surface area contributed by atoms with E-state index in [1.807, 2.05) is 6.92 Å². The minimum Gasteiger partial charge on any atom is -0.494 e. The fourth-order valence-electron chi connectivity index (χ4n) is 1.66. The molecule has 4 nitrogen and oxygen atoms in total. The van der Waals surface area contributed by atoms with Crippen molar-refractivity contribution in [1.29, 1.82) is 0 Å². The summed E-state index contributed by atoms with van der Waals surface area (Å²) in [7, 11) is 1.61. The van der Waals surface area contributed by atoms with Crippen LogP contribution in [0.2, 0.25) is 0 Å². The number of benzene rings is 1. The van der Waals surface area contributed by atoms with Crippen molar-refractivity contribution in [3.8, 4) is 5.75 Å². The molecule has 0 saturated carbocycles. The van der Waals surface area contributed by atoms with Crippen molar-refractivity contribution in [2.45, 2.75) is 6.92 Å². The van der Waals surface area contributed by atoms with Crippen molar-refractivity contribution >= 4 is 17.5 Å². The molecule has 0 saturated heterocycles. The number of carbonyl (C=O) groups excluding carboxylic acids is 1. The Morgan fingerprint density at radius 3 is 2.47 bits per heavy atom. The van der Waals surface area contributed by atoms with Crippen molar-refractivity contribution in [3.63, 3.8) is 0 Å². The number of methoxy groups -OCH3 is 1. The highest BCUT2D eigenvalue weighted by Gasteiger charge is 2.14. The van der Waals surface area contributed by atoms with E-state index in [1.165, 1.54) is 0 Å². The average Bonchev–Trinajstić information content (AvgIpc) is 2.44.